The first-order valence-corrected chi connectivity index (χ1v) is 18.9. The van der Waals surface area contributed by atoms with Gasteiger partial charge in [0.15, 0.2) is 5.58 Å². The first-order chi connectivity index (χ1) is 27.8. The topological polar surface area (TPSA) is 42.7 Å². The maximum absolute atomic E-state index is 7.01. The van der Waals surface area contributed by atoms with E-state index in [0.29, 0.717) is 0 Å². The summed E-state index contributed by atoms with van der Waals surface area (Å²) in [6, 6.07) is 65.9. The first-order valence-electron chi connectivity index (χ1n) is 18.9. The molecule has 0 bridgehead atoms. The van der Waals surface area contributed by atoms with Gasteiger partial charge < -0.3 is 18.2 Å². The molecule has 0 amide bonds. The van der Waals surface area contributed by atoms with Gasteiger partial charge in [0.1, 0.15) is 27.9 Å². The van der Waals surface area contributed by atoms with Crippen molar-refractivity contribution in [3.63, 3.8) is 0 Å². The molecule has 0 aliphatic rings. The molecule has 0 aliphatic carbocycles. The molecule has 0 spiro atoms. The fraction of sp³-hybridized carbons (Fsp3) is 0. The van der Waals surface area contributed by atoms with Crippen LogP contribution in [0.2, 0.25) is 0 Å². The molecule has 12 aromatic rings. The molecule has 3 heterocycles. The number of anilines is 3. The molecule has 0 fully saturated rings. The van der Waals surface area contributed by atoms with Crippen molar-refractivity contribution in [2.24, 2.45) is 0 Å². The van der Waals surface area contributed by atoms with Crippen LogP contribution in [0.1, 0.15) is 0 Å². The van der Waals surface area contributed by atoms with Gasteiger partial charge in [0, 0.05) is 60.4 Å². The average molecular weight is 718 g/mol. The maximum atomic E-state index is 7.01. The van der Waals surface area contributed by atoms with Gasteiger partial charge in [-0.2, -0.15) is 0 Å². The molecule has 0 unspecified atom stereocenters. The summed E-state index contributed by atoms with van der Waals surface area (Å²) in [5.41, 5.74) is 12.2. The third-order valence-corrected chi connectivity index (χ3v) is 11.3. The van der Waals surface area contributed by atoms with Gasteiger partial charge in [-0.15, -0.1) is 0 Å². The standard InChI is InChI=1S/C52H31NO3/c1-2-14-35(15-3-1)53(36-28-26-32-12-4-5-13-33(32)30-36)46-24-11-23-45-44-20-8-17-37(49(44)56-52(45)46)34-27-29-39-41-19-10-22-43(51(41)55-48(39)31-34)42-21-9-18-40-38-16-6-7-25-47(38)54-50(40)42/h1-31H. The van der Waals surface area contributed by atoms with Gasteiger partial charge in [-0.05, 0) is 64.9 Å². The molecule has 56 heavy (non-hydrogen) atoms. The minimum atomic E-state index is 0.821. The molecule has 0 saturated heterocycles. The van der Waals surface area contributed by atoms with Crippen LogP contribution in [0.25, 0.3) is 98.8 Å². The highest BCUT2D eigenvalue weighted by Crippen LogP contribution is 2.46. The van der Waals surface area contributed by atoms with Crippen molar-refractivity contribution >= 4 is 93.7 Å². The SMILES string of the molecule is c1ccc(N(c2ccc3ccccc3c2)c2cccc3c2oc2c(-c4ccc5c(c4)oc4c(-c6cccc7c6oc6ccccc67)cccc45)cccc23)cc1. The molecule has 4 heteroatoms. The lowest BCUT2D eigenvalue weighted by Crippen LogP contribution is -2.10. The highest BCUT2D eigenvalue weighted by Gasteiger charge is 2.22. The normalized spacial score (nSPS) is 11.9. The van der Waals surface area contributed by atoms with Crippen molar-refractivity contribution in [2.45, 2.75) is 0 Å². The van der Waals surface area contributed by atoms with Crippen molar-refractivity contribution in [2.75, 3.05) is 4.90 Å². The lowest BCUT2D eigenvalue weighted by molar-refractivity contribution is 0.665. The van der Waals surface area contributed by atoms with E-state index in [1.165, 1.54) is 10.8 Å². The van der Waals surface area contributed by atoms with E-state index in [-0.39, 0.29) is 0 Å². The molecule has 0 aliphatic heterocycles. The van der Waals surface area contributed by atoms with Gasteiger partial charge in [0.05, 0.1) is 5.69 Å². The van der Waals surface area contributed by atoms with E-state index in [0.717, 1.165) is 105 Å². The Hall–Kier alpha value is -7.56. The highest BCUT2D eigenvalue weighted by molar-refractivity contribution is 6.17. The summed E-state index contributed by atoms with van der Waals surface area (Å²) in [6.45, 7) is 0. The number of rotatable bonds is 5. The van der Waals surface area contributed by atoms with Crippen molar-refractivity contribution < 1.29 is 13.3 Å². The van der Waals surface area contributed by atoms with Crippen LogP contribution >= 0.6 is 0 Å². The Balaban J connectivity index is 1.02. The van der Waals surface area contributed by atoms with E-state index >= 15 is 0 Å². The lowest BCUT2D eigenvalue weighted by Gasteiger charge is -2.25. The van der Waals surface area contributed by atoms with Gasteiger partial charge in [-0.1, -0.05) is 140 Å². The zero-order valence-corrected chi connectivity index (χ0v) is 30.1. The molecule has 0 saturated carbocycles. The van der Waals surface area contributed by atoms with E-state index < -0.39 is 0 Å². The molecule has 4 nitrogen and oxygen atoms in total. The number of furan rings is 3. The minimum Gasteiger partial charge on any atom is -0.455 e. The van der Waals surface area contributed by atoms with Crippen LogP contribution in [-0.2, 0) is 0 Å². The number of hydrogen-bond acceptors (Lipinski definition) is 4. The van der Waals surface area contributed by atoms with Crippen LogP contribution in [0.3, 0.4) is 0 Å². The first kappa shape index (κ1) is 30.9. The average Bonchev–Trinajstić information content (AvgIpc) is 3.96. The van der Waals surface area contributed by atoms with E-state index in [1.807, 2.05) is 12.1 Å². The summed E-state index contributed by atoms with van der Waals surface area (Å²) in [7, 11) is 0. The Morgan fingerprint density at radius 2 is 0.875 bits per heavy atom. The number of benzene rings is 9. The number of para-hydroxylation sites is 6. The minimum absolute atomic E-state index is 0.821. The molecular formula is C52H31NO3. The second-order valence-electron chi connectivity index (χ2n) is 14.4. The molecular weight excluding hydrogens is 687 g/mol. The summed E-state index contributed by atoms with van der Waals surface area (Å²) in [5.74, 6) is 0. The molecule has 12 rings (SSSR count). The van der Waals surface area contributed by atoms with E-state index in [9.17, 15) is 0 Å². The van der Waals surface area contributed by atoms with Gasteiger partial charge >= 0.3 is 0 Å². The van der Waals surface area contributed by atoms with Crippen LogP contribution in [0.4, 0.5) is 17.1 Å². The number of nitrogens with zero attached hydrogens (tertiary/aromatic N) is 1. The van der Waals surface area contributed by atoms with E-state index in [1.54, 1.807) is 0 Å². The molecule has 3 aromatic heterocycles. The van der Waals surface area contributed by atoms with Gasteiger partial charge in [-0.25, -0.2) is 0 Å². The Kier molecular flexibility index (Phi) is 6.60. The Labute approximate surface area is 321 Å². The summed E-state index contributed by atoms with van der Waals surface area (Å²) in [5, 5.41) is 8.86. The highest BCUT2D eigenvalue weighted by atomic mass is 16.3. The Bertz CT molecular complexity index is 3500. The second kappa shape index (κ2) is 12.0. The summed E-state index contributed by atoms with van der Waals surface area (Å²) >= 11 is 0. The molecule has 262 valence electrons. The predicted molar refractivity (Wildman–Crippen MR) is 231 cm³/mol. The Morgan fingerprint density at radius 3 is 1.66 bits per heavy atom. The van der Waals surface area contributed by atoms with Crippen molar-refractivity contribution in [1.29, 1.82) is 0 Å². The monoisotopic (exact) mass is 717 g/mol. The summed E-state index contributed by atoms with van der Waals surface area (Å²) < 4.78 is 20.2. The van der Waals surface area contributed by atoms with Gasteiger partial charge in [0.2, 0.25) is 0 Å². The number of fused-ring (bicyclic) bond motifs is 10. The van der Waals surface area contributed by atoms with Crippen molar-refractivity contribution in [3.8, 4) is 22.3 Å². The maximum Gasteiger partial charge on any atom is 0.159 e. The third kappa shape index (κ3) is 4.60. The van der Waals surface area contributed by atoms with Crippen LogP contribution in [0.5, 0.6) is 0 Å². The smallest absolute Gasteiger partial charge is 0.159 e. The van der Waals surface area contributed by atoms with Crippen LogP contribution in [0, 0.1) is 0 Å². The predicted octanol–water partition coefficient (Wildman–Crippen LogP) is 15.3. The van der Waals surface area contributed by atoms with Crippen LogP contribution in [0.15, 0.2) is 201 Å². The summed E-state index contributed by atoms with van der Waals surface area (Å²) in [4.78, 5) is 2.29. The van der Waals surface area contributed by atoms with Crippen LogP contribution < -0.4 is 4.90 Å². The third-order valence-electron chi connectivity index (χ3n) is 11.3. The molecule has 0 atom stereocenters. The van der Waals surface area contributed by atoms with Gasteiger partial charge in [0.25, 0.3) is 0 Å². The van der Waals surface area contributed by atoms with E-state index in [2.05, 4.69) is 181 Å². The molecule has 9 aromatic carbocycles. The van der Waals surface area contributed by atoms with Gasteiger partial charge in [-0.3, -0.25) is 0 Å². The van der Waals surface area contributed by atoms with E-state index in [4.69, 9.17) is 13.3 Å². The quantitative estimate of drug-likeness (QED) is 0.178. The molecule has 0 N–H and O–H groups in total. The fourth-order valence-corrected chi connectivity index (χ4v) is 8.67. The van der Waals surface area contributed by atoms with Crippen molar-refractivity contribution in [1.82, 2.24) is 0 Å². The molecule has 0 radical (unpaired) electrons. The van der Waals surface area contributed by atoms with Crippen molar-refractivity contribution in [3.05, 3.63) is 188 Å². The second-order valence-corrected chi connectivity index (χ2v) is 14.4. The summed E-state index contributed by atoms with van der Waals surface area (Å²) in [6.07, 6.45) is 0. The largest absolute Gasteiger partial charge is 0.455 e. The lowest BCUT2D eigenvalue weighted by atomic mass is 9.99. The zero-order chi connectivity index (χ0) is 36.7. The zero-order valence-electron chi connectivity index (χ0n) is 30.1. The Morgan fingerprint density at radius 1 is 0.304 bits per heavy atom. The van der Waals surface area contributed by atoms with Crippen LogP contribution in [-0.4, -0.2) is 0 Å². The fourth-order valence-electron chi connectivity index (χ4n) is 8.67. The number of hydrogen-bond donors (Lipinski definition) is 0.